The van der Waals surface area contributed by atoms with Crippen molar-refractivity contribution in [3.8, 4) is 0 Å². The summed E-state index contributed by atoms with van der Waals surface area (Å²) in [5.74, 6) is 0. The zero-order valence-electron chi connectivity index (χ0n) is 9.06. The number of nitrogens with zero attached hydrogens (tertiary/aromatic N) is 1. The highest BCUT2D eigenvalue weighted by molar-refractivity contribution is 7.89. The van der Waals surface area contributed by atoms with Gasteiger partial charge in [0.15, 0.2) is 0 Å². The molecule has 1 atom stereocenters. The van der Waals surface area contributed by atoms with Crippen LogP contribution in [0.4, 0.5) is 0 Å². The van der Waals surface area contributed by atoms with Crippen LogP contribution in [0.15, 0.2) is 0 Å². The Labute approximate surface area is 91.9 Å². The summed E-state index contributed by atoms with van der Waals surface area (Å²) < 4.78 is 26.0. The van der Waals surface area contributed by atoms with Gasteiger partial charge in [-0.05, 0) is 19.3 Å². The Hall–Kier alpha value is -0.130. The maximum Gasteiger partial charge on any atom is 0.217 e. The molecular formula is C10H20N2O2S. The Balaban J connectivity index is 2.05. The molecule has 0 amide bonds. The highest BCUT2D eigenvalue weighted by Crippen LogP contribution is 2.27. The van der Waals surface area contributed by atoms with Crippen LogP contribution in [0.5, 0.6) is 0 Å². The summed E-state index contributed by atoms with van der Waals surface area (Å²) in [4.78, 5) is 0. The van der Waals surface area contributed by atoms with Gasteiger partial charge < -0.3 is 5.73 Å². The van der Waals surface area contributed by atoms with Gasteiger partial charge in [-0.1, -0.05) is 19.3 Å². The highest BCUT2D eigenvalue weighted by Gasteiger charge is 2.36. The number of hydrogen-bond acceptors (Lipinski definition) is 3. The molecule has 1 aliphatic carbocycles. The molecular weight excluding hydrogens is 212 g/mol. The van der Waals surface area contributed by atoms with E-state index in [1.165, 1.54) is 6.42 Å². The average molecular weight is 232 g/mol. The van der Waals surface area contributed by atoms with Gasteiger partial charge in [0.2, 0.25) is 10.0 Å². The van der Waals surface area contributed by atoms with Gasteiger partial charge >= 0.3 is 0 Å². The molecule has 0 aromatic rings. The molecule has 2 aliphatic rings. The van der Waals surface area contributed by atoms with Crippen LogP contribution in [0.3, 0.4) is 0 Å². The third kappa shape index (κ3) is 2.34. The standard InChI is InChI=1S/C10H20N2O2S/c11-9-6-7-12(8-9)15(13,14)10-4-2-1-3-5-10/h9-10H,1-8,11H2/t9-/m0/s1. The third-order valence-electron chi connectivity index (χ3n) is 3.52. The van der Waals surface area contributed by atoms with Gasteiger partial charge in [-0.15, -0.1) is 0 Å². The molecule has 0 bridgehead atoms. The molecule has 1 heterocycles. The van der Waals surface area contributed by atoms with Gasteiger partial charge in [0.25, 0.3) is 0 Å². The fourth-order valence-corrected chi connectivity index (χ4v) is 4.67. The second kappa shape index (κ2) is 4.39. The van der Waals surface area contributed by atoms with E-state index in [1.54, 1.807) is 4.31 Å². The minimum absolute atomic E-state index is 0.0448. The molecule has 0 aromatic heterocycles. The lowest BCUT2D eigenvalue weighted by Crippen LogP contribution is -2.39. The van der Waals surface area contributed by atoms with Crippen molar-refractivity contribution in [2.45, 2.75) is 49.8 Å². The van der Waals surface area contributed by atoms with Crippen LogP contribution in [0.2, 0.25) is 0 Å². The summed E-state index contributed by atoms with van der Waals surface area (Å²) in [6.45, 7) is 1.15. The van der Waals surface area contributed by atoms with Crippen molar-refractivity contribution in [2.75, 3.05) is 13.1 Å². The quantitative estimate of drug-likeness (QED) is 0.761. The maximum atomic E-state index is 12.2. The van der Waals surface area contributed by atoms with Crippen LogP contribution in [-0.4, -0.2) is 37.1 Å². The summed E-state index contributed by atoms with van der Waals surface area (Å²) in [5.41, 5.74) is 5.75. The van der Waals surface area contributed by atoms with Crippen LogP contribution in [0.1, 0.15) is 38.5 Å². The Bertz CT molecular complexity index is 299. The number of rotatable bonds is 2. The molecule has 2 N–H and O–H groups in total. The Morgan fingerprint density at radius 1 is 1.07 bits per heavy atom. The molecule has 1 aliphatic heterocycles. The molecule has 0 aromatic carbocycles. The van der Waals surface area contributed by atoms with E-state index in [0.29, 0.717) is 13.1 Å². The summed E-state index contributed by atoms with van der Waals surface area (Å²) in [6, 6.07) is 0.0448. The van der Waals surface area contributed by atoms with Crippen molar-refractivity contribution in [3.63, 3.8) is 0 Å². The fraction of sp³-hybridized carbons (Fsp3) is 1.00. The minimum atomic E-state index is -3.04. The molecule has 2 rings (SSSR count). The van der Waals surface area contributed by atoms with Gasteiger partial charge in [0, 0.05) is 19.1 Å². The van der Waals surface area contributed by atoms with Gasteiger partial charge in [-0.25, -0.2) is 12.7 Å². The topological polar surface area (TPSA) is 63.4 Å². The van der Waals surface area contributed by atoms with Gasteiger partial charge in [0.05, 0.1) is 5.25 Å². The summed E-state index contributed by atoms with van der Waals surface area (Å²) in [6.07, 6.45) is 5.80. The number of nitrogens with two attached hydrogens (primary N) is 1. The van der Waals surface area contributed by atoms with Crippen molar-refractivity contribution in [3.05, 3.63) is 0 Å². The van der Waals surface area contributed by atoms with Crippen molar-refractivity contribution < 1.29 is 8.42 Å². The second-order valence-corrected chi connectivity index (χ2v) is 6.92. The first-order chi connectivity index (χ1) is 7.10. The normalized spacial score (nSPS) is 30.9. The third-order valence-corrected chi connectivity index (χ3v) is 5.89. The SMILES string of the molecule is N[C@H]1CCN(S(=O)(=O)C2CCCCC2)C1. The van der Waals surface area contributed by atoms with E-state index >= 15 is 0 Å². The molecule has 15 heavy (non-hydrogen) atoms. The summed E-state index contributed by atoms with van der Waals surface area (Å²) >= 11 is 0. The first kappa shape index (κ1) is 11.4. The van der Waals surface area contributed by atoms with Crippen molar-refractivity contribution in [2.24, 2.45) is 5.73 Å². The monoisotopic (exact) mass is 232 g/mol. The van der Waals surface area contributed by atoms with E-state index in [4.69, 9.17) is 5.73 Å². The van der Waals surface area contributed by atoms with E-state index in [-0.39, 0.29) is 11.3 Å². The van der Waals surface area contributed by atoms with Crippen LogP contribution >= 0.6 is 0 Å². The molecule has 1 saturated carbocycles. The molecule has 0 unspecified atom stereocenters. The Kier molecular flexibility index (Phi) is 3.33. The van der Waals surface area contributed by atoms with E-state index in [1.807, 2.05) is 0 Å². The van der Waals surface area contributed by atoms with E-state index in [2.05, 4.69) is 0 Å². The van der Waals surface area contributed by atoms with Crippen LogP contribution in [0, 0.1) is 0 Å². The molecule has 4 nitrogen and oxygen atoms in total. The number of sulfonamides is 1. The van der Waals surface area contributed by atoms with Crippen molar-refractivity contribution >= 4 is 10.0 Å². The van der Waals surface area contributed by atoms with Gasteiger partial charge in [0.1, 0.15) is 0 Å². The fourth-order valence-electron chi connectivity index (χ4n) is 2.56. The Morgan fingerprint density at radius 2 is 1.73 bits per heavy atom. The highest BCUT2D eigenvalue weighted by atomic mass is 32.2. The van der Waals surface area contributed by atoms with Gasteiger partial charge in [-0.2, -0.15) is 0 Å². The lowest BCUT2D eigenvalue weighted by atomic mass is 10.0. The second-order valence-electron chi connectivity index (χ2n) is 4.71. The van der Waals surface area contributed by atoms with Gasteiger partial charge in [-0.3, -0.25) is 0 Å². The lowest BCUT2D eigenvalue weighted by molar-refractivity contribution is 0.426. The first-order valence-electron chi connectivity index (χ1n) is 5.85. The largest absolute Gasteiger partial charge is 0.326 e. The molecule has 5 heteroatoms. The lowest BCUT2D eigenvalue weighted by Gasteiger charge is -2.26. The van der Waals surface area contributed by atoms with Crippen LogP contribution < -0.4 is 5.73 Å². The molecule has 0 radical (unpaired) electrons. The maximum absolute atomic E-state index is 12.2. The van der Waals surface area contributed by atoms with Crippen LogP contribution in [-0.2, 0) is 10.0 Å². The average Bonchev–Trinajstić information content (AvgIpc) is 2.67. The van der Waals surface area contributed by atoms with Crippen molar-refractivity contribution in [1.82, 2.24) is 4.31 Å². The minimum Gasteiger partial charge on any atom is -0.326 e. The zero-order chi connectivity index (χ0) is 10.9. The molecule has 1 saturated heterocycles. The predicted molar refractivity (Wildman–Crippen MR) is 60.0 cm³/mol. The van der Waals surface area contributed by atoms with Crippen molar-refractivity contribution in [1.29, 1.82) is 0 Å². The summed E-state index contributed by atoms with van der Waals surface area (Å²) in [5, 5.41) is -0.128. The van der Waals surface area contributed by atoms with Crippen LogP contribution in [0.25, 0.3) is 0 Å². The molecule has 2 fully saturated rings. The first-order valence-corrected chi connectivity index (χ1v) is 7.35. The predicted octanol–water partition coefficient (Wildman–Crippen LogP) is 0.682. The van der Waals surface area contributed by atoms with E-state index < -0.39 is 10.0 Å². The zero-order valence-corrected chi connectivity index (χ0v) is 9.88. The smallest absolute Gasteiger partial charge is 0.217 e. The molecule has 88 valence electrons. The van der Waals surface area contributed by atoms with E-state index in [0.717, 1.165) is 32.1 Å². The number of hydrogen-bond donors (Lipinski definition) is 1. The molecule has 0 spiro atoms. The van der Waals surface area contributed by atoms with E-state index in [9.17, 15) is 8.42 Å². The summed E-state index contributed by atoms with van der Waals surface area (Å²) in [7, 11) is -3.04. The Morgan fingerprint density at radius 3 is 2.27 bits per heavy atom.